The van der Waals surface area contributed by atoms with Gasteiger partial charge in [-0.05, 0) is 24.1 Å². The molecule has 1 aromatic rings. The highest BCUT2D eigenvalue weighted by Crippen LogP contribution is 2.16. The fourth-order valence-electron chi connectivity index (χ4n) is 1.62. The van der Waals surface area contributed by atoms with Gasteiger partial charge in [0.05, 0.1) is 7.11 Å². The second kappa shape index (κ2) is 5.36. The first-order valence-electron chi connectivity index (χ1n) is 5.64. The molecule has 0 aliphatic heterocycles. The smallest absolute Gasteiger partial charge is 0.118 e. The van der Waals surface area contributed by atoms with Crippen molar-refractivity contribution in [1.82, 2.24) is 0 Å². The molecule has 0 saturated heterocycles. The molecule has 15 heavy (non-hydrogen) atoms. The average molecular weight is 222 g/mol. The van der Waals surface area contributed by atoms with Gasteiger partial charge in [0.25, 0.3) is 0 Å². The molecule has 0 amide bonds. The third-order valence-corrected chi connectivity index (χ3v) is 4.40. The second-order valence-electron chi connectivity index (χ2n) is 5.26. The normalized spacial score (nSPS) is 11.5. The molecule has 0 aromatic heterocycles. The monoisotopic (exact) mass is 222 g/mol. The Hall–Kier alpha value is -0.763. The largest absolute Gasteiger partial charge is 0.497 e. The number of methoxy groups -OCH3 is 1. The van der Waals surface area contributed by atoms with Crippen molar-refractivity contribution in [3.63, 3.8) is 0 Å². The van der Waals surface area contributed by atoms with Gasteiger partial charge < -0.3 is 4.74 Å². The molecule has 1 rings (SSSR count). The molecule has 84 valence electrons. The van der Waals surface area contributed by atoms with Crippen LogP contribution in [0.15, 0.2) is 24.3 Å². The highest BCUT2D eigenvalue weighted by Gasteiger charge is 2.11. The van der Waals surface area contributed by atoms with Crippen LogP contribution in [0.4, 0.5) is 0 Å². The van der Waals surface area contributed by atoms with Gasteiger partial charge in [0.15, 0.2) is 0 Å². The predicted molar refractivity (Wildman–Crippen MR) is 69.5 cm³/mol. The van der Waals surface area contributed by atoms with Crippen LogP contribution in [0.1, 0.15) is 12.0 Å². The first-order chi connectivity index (χ1) is 7.01. The summed E-state index contributed by atoms with van der Waals surface area (Å²) in [6.45, 7) is 7.29. The molecule has 1 aromatic carbocycles. The van der Waals surface area contributed by atoms with Crippen LogP contribution in [-0.2, 0) is 6.42 Å². The number of aryl methyl sites for hydroxylation is 1. The fourth-order valence-corrected chi connectivity index (χ4v) is 2.85. The van der Waals surface area contributed by atoms with E-state index in [0.717, 1.165) is 5.75 Å². The Morgan fingerprint density at radius 2 is 1.67 bits per heavy atom. The Kier molecular flexibility index (Phi) is 4.39. The molecule has 0 heterocycles. The predicted octanol–water partition coefficient (Wildman–Crippen LogP) is 3.97. The van der Waals surface area contributed by atoms with Crippen LogP contribution >= 0.6 is 0 Å². The van der Waals surface area contributed by atoms with Crippen molar-refractivity contribution >= 4 is 8.07 Å². The quantitative estimate of drug-likeness (QED) is 0.685. The highest BCUT2D eigenvalue weighted by molar-refractivity contribution is 6.76. The first-order valence-corrected chi connectivity index (χ1v) is 9.35. The lowest BCUT2D eigenvalue weighted by Gasteiger charge is -2.15. The Balaban J connectivity index is 2.38. The van der Waals surface area contributed by atoms with E-state index in [9.17, 15) is 0 Å². The molecule has 0 spiro atoms. The molecule has 0 unspecified atom stereocenters. The summed E-state index contributed by atoms with van der Waals surface area (Å²) in [5, 5.41) is 0. The van der Waals surface area contributed by atoms with E-state index in [-0.39, 0.29) is 0 Å². The van der Waals surface area contributed by atoms with Gasteiger partial charge >= 0.3 is 0 Å². The van der Waals surface area contributed by atoms with Crippen molar-refractivity contribution < 1.29 is 4.74 Å². The minimum Gasteiger partial charge on any atom is -0.497 e. The molecule has 1 nitrogen and oxygen atoms in total. The van der Waals surface area contributed by atoms with Crippen molar-refractivity contribution in [3.8, 4) is 5.75 Å². The van der Waals surface area contributed by atoms with Crippen molar-refractivity contribution in [1.29, 1.82) is 0 Å². The van der Waals surface area contributed by atoms with E-state index in [1.165, 1.54) is 24.4 Å². The van der Waals surface area contributed by atoms with Crippen molar-refractivity contribution in [2.75, 3.05) is 7.11 Å². The lowest BCUT2D eigenvalue weighted by atomic mass is 10.1. The van der Waals surface area contributed by atoms with Gasteiger partial charge in [-0.15, -0.1) is 0 Å². The number of hydrogen-bond acceptors (Lipinski definition) is 1. The highest BCUT2D eigenvalue weighted by atomic mass is 28.3. The topological polar surface area (TPSA) is 9.23 Å². The van der Waals surface area contributed by atoms with Gasteiger partial charge in [-0.3, -0.25) is 0 Å². The summed E-state index contributed by atoms with van der Waals surface area (Å²) in [6, 6.07) is 9.85. The molecular formula is C13H22OSi. The van der Waals surface area contributed by atoms with Crippen LogP contribution in [-0.4, -0.2) is 15.2 Å². The maximum absolute atomic E-state index is 5.13. The van der Waals surface area contributed by atoms with Crippen molar-refractivity contribution in [2.24, 2.45) is 0 Å². The van der Waals surface area contributed by atoms with Gasteiger partial charge in [0.1, 0.15) is 5.75 Å². The molecule has 0 aliphatic rings. The standard InChI is InChI=1S/C13H22OSi/c1-14-13-9-7-12(8-10-13)6-5-11-15(2,3)4/h7-10H,5-6,11H2,1-4H3. The van der Waals surface area contributed by atoms with E-state index < -0.39 is 8.07 Å². The molecule has 0 atom stereocenters. The number of ether oxygens (including phenoxy) is 1. The molecule has 0 radical (unpaired) electrons. The van der Waals surface area contributed by atoms with E-state index >= 15 is 0 Å². The summed E-state index contributed by atoms with van der Waals surface area (Å²) in [6.07, 6.45) is 2.52. The Morgan fingerprint density at radius 3 is 2.13 bits per heavy atom. The third kappa shape index (κ3) is 5.03. The van der Waals surface area contributed by atoms with Crippen LogP contribution in [0.3, 0.4) is 0 Å². The Morgan fingerprint density at radius 1 is 1.07 bits per heavy atom. The SMILES string of the molecule is COc1ccc(CCC[Si](C)(C)C)cc1. The van der Waals surface area contributed by atoms with Crippen LogP contribution in [0.2, 0.25) is 25.7 Å². The van der Waals surface area contributed by atoms with E-state index in [0.29, 0.717) is 0 Å². The van der Waals surface area contributed by atoms with Gasteiger partial charge in [-0.2, -0.15) is 0 Å². The molecule has 2 heteroatoms. The van der Waals surface area contributed by atoms with Crippen LogP contribution < -0.4 is 4.74 Å². The lowest BCUT2D eigenvalue weighted by Crippen LogP contribution is -2.18. The minimum atomic E-state index is -0.854. The van der Waals surface area contributed by atoms with Crippen molar-refractivity contribution in [2.45, 2.75) is 38.5 Å². The van der Waals surface area contributed by atoms with Gasteiger partial charge in [-0.25, -0.2) is 0 Å². The number of hydrogen-bond donors (Lipinski definition) is 0. The summed E-state index contributed by atoms with van der Waals surface area (Å²) in [7, 11) is 0.855. The fraction of sp³-hybridized carbons (Fsp3) is 0.538. The maximum Gasteiger partial charge on any atom is 0.118 e. The van der Waals surface area contributed by atoms with Crippen LogP contribution in [0, 0.1) is 0 Å². The van der Waals surface area contributed by atoms with Gasteiger partial charge in [-0.1, -0.05) is 44.2 Å². The van der Waals surface area contributed by atoms with Crippen LogP contribution in [0.5, 0.6) is 5.75 Å². The second-order valence-corrected chi connectivity index (χ2v) is 10.9. The van der Waals surface area contributed by atoms with Gasteiger partial charge in [0.2, 0.25) is 0 Å². The molecule has 0 N–H and O–H groups in total. The molecule has 0 fully saturated rings. The molecule has 0 bridgehead atoms. The first kappa shape index (κ1) is 12.3. The molecule has 0 aliphatic carbocycles. The average Bonchev–Trinajstić information content (AvgIpc) is 2.17. The number of benzene rings is 1. The van der Waals surface area contributed by atoms with E-state index in [2.05, 4.69) is 31.8 Å². The lowest BCUT2D eigenvalue weighted by molar-refractivity contribution is 0.414. The summed E-state index contributed by atoms with van der Waals surface area (Å²) in [5.74, 6) is 0.948. The van der Waals surface area contributed by atoms with Crippen molar-refractivity contribution in [3.05, 3.63) is 29.8 Å². The zero-order chi connectivity index (χ0) is 11.3. The summed E-state index contributed by atoms with van der Waals surface area (Å²) in [5.41, 5.74) is 1.43. The summed E-state index contributed by atoms with van der Waals surface area (Å²) >= 11 is 0. The number of rotatable bonds is 5. The minimum absolute atomic E-state index is 0.854. The summed E-state index contributed by atoms with van der Waals surface area (Å²) < 4.78 is 5.13. The van der Waals surface area contributed by atoms with Gasteiger partial charge in [0, 0.05) is 8.07 Å². The van der Waals surface area contributed by atoms with E-state index in [1.807, 2.05) is 12.1 Å². The summed E-state index contributed by atoms with van der Waals surface area (Å²) in [4.78, 5) is 0. The van der Waals surface area contributed by atoms with Crippen LogP contribution in [0.25, 0.3) is 0 Å². The zero-order valence-corrected chi connectivity index (χ0v) is 11.3. The zero-order valence-electron chi connectivity index (χ0n) is 10.3. The third-order valence-electron chi connectivity index (χ3n) is 2.55. The Labute approximate surface area is 94.5 Å². The maximum atomic E-state index is 5.13. The van der Waals surface area contributed by atoms with E-state index in [1.54, 1.807) is 7.11 Å². The molecule has 0 saturated carbocycles. The van der Waals surface area contributed by atoms with E-state index in [4.69, 9.17) is 4.74 Å². The molecular weight excluding hydrogens is 200 g/mol. The Bertz CT molecular complexity index is 284.